The van der Waals surface area contributed by atoms with Crippen molar-refractivity contribution in [3.63, 3.8) is 0 Å². The molecule has 0 aliphatic heterocycles. The van der Waals surface area contributed by atoms with Gasteiger partial charge < -0.3 is 15.2 Å². The van der Waals surface area contributed by atoms with E-state index in [1.807, 2.05) is 0 Å². The lowest BCUT2D eigenvalue weighted by Gasteiger charge is -2.11. The molecule has 2 aromatic heterocycles. The number of rotatable bonds is 6. The normalized spacial score (nSPS) is 14.3. The Morgan fingerprint density at radius 3 is 2.69 bits per heavy atom. The summed E-state index contributed by atoms with van der Waals surface area (Å²) in [5, 5.41) is 9.75. The Labute approximate surface area is 158 Å². The minimum Gasteiger partial charge on any atom is -0.352 e. The topological polar surface area (TPSA) is 98.0 Å². The highest BCUT2D eigenvalue weighted by Gasteiger charge is 2.17. The van der Waals surface area contributed by atoms with Crippen molar-refractivity contribution in [2.45, 2.75) is 44.8 Å². The molecule has 0 unspecified atom stereocenters. The maximum atomic E-state index is 12.1. The lowest BCUT2D eigenvalue weighted by atomic mass is 10.2. The molecule has 0 radical (unpaired) electrons. The summed E-state index contributed by atoms with van der Waals surface area (Å²) in [6.45, 7) is 0.00306. The summed E-state index contributed by atoms with van der Waals surface area (Å²) in [6, 6.07) is 3.27. The first kappa shape index (κ1) is 18.4. The van der Waals surface area contributed by atoms with Crippen molar-refractivity contribution in [1.29, 1.82) is 0 Å². The van der Waals surface area contributed by atoms with Gasteiger partial charge in [-0.1, -0.05) is 12.8 Å². The fourth-order valence-electron chi connectivity index (χ4n) is 2.99. The zero-order chi connectivity index (χ0) is 18.5. The Hall–Kier alpha value is -2.42. The molecule has 0 spiro atoms. The molecule has 0 saturated heterocycles. The van der Waals surface area contributed by atoms with Gasteiger partial charge in [0, 0.05) is 29.0 Å². The van der Waals surface area contributed by atoms with Gasteiger partial charge >= 0.3 is 0 Å². The van der Waals surface area contributed by atoms with E-state index in [9.17, 15) is 14.4 Å². The van der Waals surface area contributed by atoms with Gasteiger partial charge in [-0.3, -0.25) is 19.1 Å². The second kappa shape index (κ2) is 8.31. The van der Waals surface area contributed by atoms with Gasteiger partial charge in [0.1, 0.15) is 13.1 Å². The van der Waals surface area contributed by atoms with E-state index in [2.05, 4.69) is 31.7 Å². The third-order valence-corrected chi connectivity index (χ3v) is 4.67. The summed E-state index contributed by atoms with van der Waals surface area (Å²) in [7, 11) is 0. The molecule has 2 amide bonds. The number of pyridine rings is 1. The van der Waals surface area contributed by atoms with Gasteiger partial charge in [-0.15, -0.1) is 0 Å². The Balaban J connectivity index is 1.52. The lowest BCUT2D eigenvalue weighted by molar-refractivity contribution is -0.122. The van der Waals surface area contributed by atoms with Crippen LogP contribution in [0.1, 0.15) is 25.7 Å². The Kier molecular flexibility index (Phi) is 5.87. The van der Waals surface area contributed by atoms with Crippen molar-refractivity contribution in [3.8, 4) is 0 Å². The Morgan fingerprint density at radius 1 is 1.15 bits per heavy atom. The number of aromatic nitrogens is 3. The second-order valence-electron chi connectivity index (χ2n) is 6.34. The molecule has 0 aromatic carbocycles. The highest BCUT2D eigenvalue weighted by molar-refractivity contribution is 9.10. The van der Waals surface area contributed by atoms with Crippen LogP contribution in [0.2, 0.25) is 0 Å². The van der Waals surface area contributed by atoms with Crippen LogP contribution in [-0.4, -0.2) is 32.2 Å². The highest BCUT2D eigenvalue weighted by Crippen LogP contribution is 2.17. The van der Waals surface area contributed by atoms with Crippen molar-refractivity contribution in [1.82, 2.24) is 19.7 Å². The average Bonchev–Trinajstić information content (AvgIpc) is 3.23. The van der Waals surface area contributed by atoms with Gasteiger partial charge in [0.25, 0.3) is 5.56 Å². The Bertz CT molecular complexity index is 854. The predicted molar refractivity (Wildman–Crippen MR) is 99.7 cm³/mol. The fourth-order valence-corrected chi connectivity index (χ4v) is 3.37. The SMILES string of the molecule is O=C(Cn1cc(Br)ccc1=O)Nc1cnn(CC(=O)NC2CCCC2)c1. The van der Waals surface area contributed by atoms with Gasteiger partial charge in [0.15, 0.2) is 0 Å². The molecule has 2 heterocycles. The quantitative estimate of drug-likeness (QED) is 0.738. The number of anilines is 1. The van der Waals surface area contributed by atoms with Crippen molar-refractivity contribution >= 4 is 33.4 Å². The summed E-state index contributed by atoms with van der Waals surface area (Å²) in [4.78, 5) is 35.8. The van der Waals surface area contributed by atoms with E-state index in [1.165, 1.54) is 21.5 Å². The molecule has 1 aliphatic carbocycles. The first-order valence-electron chi connectivity index (χ1n) is 8.47. The maximum Gasteiger partial charge on any atom is 0.251 e. The standard InChI is InChI=1S/C17H20BrN5O3/c18-12-5-6-17(26)22(8-12)10-15(24)21-14-7-19-23(9-14)11-16(25)20-13-3-1-2-4-13/h5-9,13H,1-4,10-11H2,(H,20,25)(H,21,24). The molecule has 26 heavy (non-hydrogen) atoms. The number of hydrogen-bond donors (Lipinski definition) is 2. The first-order valence-corrected chi connectivity index (χ1v) is 9.26. The molecule has 138 valence electrons. The molecular formula is C17H20BrN5O3. The molecule has 2 aromatic rings. The van der Waals surface area contributed by atoms with Crippen molar-refractivity contribution in [2.75, 3.05) is 5.32 Å². The van der Waals surface area contributed by atoms with Crippen LogP contribution in [0.25, 0.3) is 0 Å². The number of amides is 2. The Morgan fingerprint density at radius 2 is 1.92 bits per heavy atom. The van der Waals surface area contributed by atoms with Gasteiger partial charge in [-0.25, -0.2) is 0 Å². The zero-order valence-electron chi connectivity index (χ0n) is 14.2. The van der Waals surface area contributed by atoms with Gasteiger partial charge in [-0.05, 0) is 34.8 Å². The van der Waals surface area contributed by atoms with Crippen LogP contribution in [0.4, 0.5) is 5.69 Å². The molecule has 1 fully saturated rings. The highest BCUT2D eigenvalue weighted by atomic mass is 79.9. The molecule has 2 N–H and O–H groups in total. The van der Waals surface area contributed by atoms with Gasteiger partial charge in [0.05, 0.1) is 11.9 Å². The van der Waals surface area contributed by atoms with Crippen LogP contribution in [0.15, 0.2) is 40.0 Å². The van der Waals surface area contributed by atoms with E-state index >= 15 is 0 Å². The largest absolute Gasteiger partial charge is 0.352 e. The summed E-state index contributed by atoms with van der Waals surface area (Å²) in [5.74, 6) is -0.432. The minimum absolute atomic E-state index is 0.0847. The van der Waals surface area contributed by atoms with Crippen molar-refractivity contribution < 1.29 is 9.59 Å². The molecule has 1 saturated carbocycles. The predicted octanol–water partition coefficient (Wildman–Crippen LogP) is 1.50. The summed E-state index contributed by atoms with van der Waals surface area (Å²) < 4.78 is 3.50. The van der Waals surface area contributed by atoms with E-state index in [0.717, 1.165) is 25.7 Å². The number of carbonyl (C=O) groups excluding carboxylic acids is 2. The van der Waals surface area contributed by atoms with Crippen LogP contribution in [-0.2, 0) is 22.7 Å². The van der Waals surface area contributed by atoms with E-state index < -0.39 is 0 Å². The van der Waals surface area contributed by atoms with Crippen LogP contribution in [0, 0.1) is 0 Å². The smallest absolute Gasteiger partial charge is 0.251 e. The van der Waals surface area contributed by atoms with E-state index in [0.29, 0.717) is 10.2 Å². The minimum atomic E-state index is -0.347. The van der Waals surface area contributed by atoms with Crippen molar-refractivity contribution in [2.24, 2.45) is 0 Å². The molecule has 8 nitrogen and oxygen atoms in total. The van der Waals surface area contributed by atoms with Gasteiger partial charge in [-0.2, -0.15) is 5.10 Å². The number of carbonyl (C=O) groups is 2. The summed E-state index contributed by atoms with van der Waals surface area (Å²) >= 11 is 3.27. The van der Waals surface area contributed by atoms with E-state index in [-0.39, 0.29) is 36.5 Å². The van der Waals surface area contributed by atoms with Gasteiger partial charge in [0.2, 0.25) is 11.8 Å². The zero-order valence-corrected chi connectivity index (χ0v) is 15.7. The summed E-state index contributed by atoms with van der Waals surface area (Å²) in [6.07, 6.45) is 9.00. The maximum absolute atomic E-state index is 12.1. The second-order valence-corrected chi connectivity index (χ2v) is 7.25. The monoisotopic (exact) mass is 421 g/mol. The summed E-state index contributed by atoms with van der Waals surface area (Å²) in [5.41, 5.74) is 0.217. The van der Waals surface area contributed by atoms with E-state index in [4.69, 9.17) is 0 Å². The molecule has 0 atom stereocenters. The molecular weight excluding hydrogens is 402 g/mol. The molecule has 3 rings (SSSR count). The number of hydrogen-bond acceptors (Lipinski definition) is 4. The average molecular weight is 422 g/mol. The first-order chi connectivity index (χ1) is 12.5. The van der Waals surface area contributed by atoms with Crippen LogP contribution in [0.5, 0.6) is 0 Å². The lowest BCUT2D eigenvalue weighted by Crippen LogP contribution is -2.35. The van der Waals surface area contributed by atoms with Crippen LogP contribution >= 0.6 is 15.9 Å². The third kappa shape index (κ3) is 5.04. The molecule has 9 heteroatoms. The number of nitrogens with one attached hydrogen (secondary N) is 2. The molecule has 1 aliphatic rings. The molecule has 0 bridgehead atoms. The third-order valence-electron chi connectivity index (χ3n) is 4.20. The van der Waals surface area contributed by atoms with Crippen molar-refractivity contribution in [3.05, 3.63) is 45.5 Å². The fraction of sp³-hybridized carbons (Fsp3) is 0.412. The van der Waals surface area contributed by atoms with E-state index in [1.54, 1.807) is 18.5 Å². The number of nitrogens with zero attached hydrogens (tertiary/aromatic N) is 3. The van der Waals surface area contributed by atoms with Crippen LogP contribution in [0.3, 0.4) is 0 Å². The number of halogens is 1. The van der Waals surface area contributed by atoms with Crippen LogP contribution < -0.4 is 16.2 Å².